The fourth-order valence-corrected chi connectivity index (χ4v) is 2.70. The fraction of sp³-hybridized carbons (Fsp3) is 0.368. The first-order valence-electron chi connectivity index (χ1n) is 7.54. The summed E-state index contributed by atoms with van der Waals surface area (Å²) in [5, 5.41) is 3.61. The van der Waals surface area contributed by atoms with Crippen LogP contribution in [0.1, 0.15) is 41.6 Å². The Balaban J connectivity index is 2.06. The molecule has 0 saturated carbocycles. The van der Waals surface area contributed by atoms with Crippen LogP contribution in [0.25, 0.3) is 0 Å². The summed E-state index contributed by atoms with van der Waals surface area (Å²) in [6.45, 7) is 7.50. The van der Waals surface area contributed by atoms with Crippen molar-refractivity contribution in [1.29, 1.82) is 0 Å². The molecule has 0 aliphatic rings. The van der Waals surface area contributed by atoms with Crippen LogP contribution >= 0.6 is 0 Å². The highest BCUT2D eigenvalue weighted by molar-refractivity contribution is 5.26. The van der Waals surface area contributed by atoms with Gasteiger partial charge in [0, 0.05) is 6.04 Å². The maximum atomic E-state index is 3.61. The van der Waals surface area contributed by atoms with Gasteiger partial charge in [-0.05, 0) is 44.4 Å². The Morgan fingerprint density at radius 1 is 0.950 bits per heavy atom. The van der Waals surface area contributed by atoms with Crippen LogP contribution in [0.3, 0.4) is 0 Å². The molecule has 106 valence electrons. The zero-order valence-corrected chi connectivity index (χ0v) is 12.8. The lowest BCUT2D eigenvalue weighted by Crippen LogP contribution is -2.21. The summed E-state index contributed by atoms with van der Waals surface area (Å²) >= 11 is 0. The van der Waals surface area contributed by atoms with Gasteiger partial charge in [-0.15, -0.1) is 0 Å². The molecule has 20 heavy (non-hydrogen) atoms. The van der Waals surface area contributed by atoms with E-state index in [1.165, 1.54) is 22.3 Å². The number of rotatable bonds is 6. The van der Waals surface area contributed by atoms with Gasteiger partial charge in [0.15, 0.2) is 0 Å². The molecule has 1 nitrogen and oxygen atoms in total. The van der Waals surface area contributed by atoms with Crippen molar-refractivity contribution in [2.24, 2.45) is 0 Å². The molecular weight excluding hydrogens is 242 g/mol. The van der Waals surface area contributed by atoms with E-state index in [9.17, 15) is 0 Å². The smallest absolute Gasteiger partial charge is 0.0323 e. The van der Waals surface area contributed by atoms with Crippen LogP contribution in [-0.2, 0) is 6.42 Å². The zero-order valence-electron chi connectivity index (χ0n) is 12.8. The number of aryl methyl sites for hydroxylation is 3. The molecule has 0 fully saturated rings. The molecule has 0 radical (unpaired) electrons. The van der Waals surface area contributed by atoms with Crippen molar-refractivity contribution in [2.45, 2.75) is 39.7 Å². The van der Waals surface area contributed by atoms with Crippen molar-refractivity contribution in [2.75, 3.05) is 6.54 Å². The van der Waals surface area contributed by atoms with Crippen molar-refractivity contribution in [3.63, 3.8) is 0 Å². The van der Waals surface area contributed by atoms with Crippen LogP contribution in [0, 0.1) is 13.8 Å². The van der Waals surface area contributed by atoms with E-state index in [0.717, 1.165) is 19.4 Å². The third kappa shape index (κ3) is 4.21. The third-order valence-electron chi connectivity index (χ3n) is 3.70. The van der Waals surface area contributed by atoms with Gasteiger partial charge in [-0.1, -0.05) is 66.6 Å². The fourth-order valence-electron chi connectivity index (χ4n) is 2.70. The molecule has 0 bridgehead atoms. The SMILES string of the molecule is CCNC(CCc1cccc(C)c1)c1cccc(C)c1. The normalized spacial score (nSPS) is 12.3. The van der Waals surface area contributed by atoms with E-state index in [2.05, 4.69) is 74.6 Å². The second-order valence-corrected chi connectivity index (χ2v) is 5.55. The van der Waals surface area contributed by atoms with E-state index in [0.29, 0.717) is 6.04 Å². The van der Waals surface area contributed by atoms with E-state index in [4.69, 9.17) is 0 Å². The van der Waals surface area contributed by atoms with Crippen molar-refractivity contribution in [1.82, 2.24) is 5.32 Å². The Labute approximate surface area is 123 Å². The molecule has 0 saturated heterocycles. The molecule has 0 heterocycles. The summed E-state index contributed by atoms with van der Waals surface area (Å²) in [5.41, 5.74) is 5.51. The van der Waals surface area contributed by atoms with Gasteiger partial charge >= 0.3 is 0 Å². The Morgan fingerprint density at radius 2 is 1.65 bits per heavy atom. The van der Waals surface area contributed by atoms with Gasteiger partial charge < -0.3 is 5.32 Å². The number of hydrogen-bond acceptors (Lipinski definition) is 1. The molecule has 0 spiro atoms. The average Bonchev–Trinajstić information content (AvgIpc) is 2.43. The van der Waals surface area contributed by atoms with E-state index >= 15 is 0 Å². The Morgan fingerprint density at radius 3 is 2.30 bits per heavy atom. The first-order valence-corrected chi connectivity index (χ1v) is 7.54. The van der Waals surface area contributed by atoms with E-state index in [-0.39, 0.29) is 0 Å². The first kappa shape index (κ1) is 14.8. The summed E-state index contributed by atoms with van der Waals surface area (Å²) in [6.07, 6.45) is 2.26. The lowest BCUT2D eigenvalue weighted by molar-refractivity contribution is 0.515. The quantitative estimate of drug-likeness (QED) is 0.807. The number of nitrogens with one attached hydrogen (secondary N) is 1. The zero-order chi connectivity index (χ0) is 14.4. The first-order chi connectivity index (χ1) is 9.69. The summed E-state index contributed by atoms with van der Waals surface area (Å²) < 4.78 is 0. The summed E-state index contributed by atoms with van der Waals surface area (Å²) in [6, 6.07) is 18.1. The maximum Gasteiger partial charge on any atom is 0.0323 e. The minimum absolute atomic E-state index is 0.445. The standard InChI is InChI=1S/C19H25N/c1-4-20-19(18-10-6-8-16(3)14-18)12-11-17-9-5-7-15(2)13-17/h5-10,13-14,19-20H,4,11-12H2,1-3H3. The average molecular weight is 267 g/mol. The largest absolute Gasteiger partial charge is 0.310 e. The molecule has 0 aliphatic heterocycles. The topological polar surface area (TPSA) is 12.0 Å². The van der Waals surface area contributed by atoms with Gasteiger partial charge in [-0.3, -0.25) is 0 Å². The summed E-state index contributed by atoms with van der Waals surface area (Å²) in [4.78, 5) is 0. The lowest BCUT2D eigenvalue weighted by Gasteiger charge is -2.19. The molecule has 2 rings (SSSR count). The highest BCUT2D eigenvalue weighted by Crippen LogP contribution is 2.20. The van der Waals surface area contributed by atoms with E-state index in [1.54, 1.807) is 0 Å². The molecule has 1 N–H and O–H groups in total. The highest BCUT2D eigenvalue weighted by Gasteiger charge is 2.10. The van der Waals surface area contributed by atoms with Gasteiger partial charge in [0.05, 0.1) is 0 Å². The Hall–Kier alpha value is -1.60. The predicted molar refractivity (Wildman–Crippen MR) is 87.1 cm³/mol. The monoisotopic (exact) mass is 267 g/mol. The van der Waals surface area contributed by atoms with E-state index in [1.807, 2.05) is 0 Å². The minimum Gasteiger partial charge on any atom is -0.310 e. The summed E-state index contributed by atoms with van der Waals surface area (Å²) in [7, 11) is 0. The third-order valence-corrected chi connectivity index (χ3v) is 3.70. The lowest BCUT2D eigenvalue weighted by atomic mass is 9.97. The van der Waals surface area contributed by atoms with Crippen LogP contribution in [0.2, 0.25) is 0 Å². The van der Waals surface area contributed by atoms with Gasteiger partial charge in [0.1, 0.15) is 0 Å². The molecule has 0 amide bonds. The van der Waals surface area contributed by atoms with Crippen molar-refractivity contribution in [3.05, 3.63) is 70.8 Å². The molecule has 0 aromatic heterocycles. The molecule has 1 heteroatoms. The van der Waals surface area contributed by atoms with Gasteiger partial charge in [-0.2, -0.15) is 0 Å². The van der Waals surface area contributed by atoms with Gasteiger partial charge in [-0.25, -0.2) is 0 Å². The molecular formula is C19H25N. The van der Waals surface area contributed by atoms with Crippen LogP contribution in [0.4, 0.5) is 0 Å². The second-order valence-electron chi connectivity index (χ2n) is 5.55. The van der Waals surface area contributed by atoms with Crippen molar-refractivity contribution < 1.29 is 0 Å². The maximum absolute atomic E-state index is 3.61. The molecule has 1 atom stereocenters. The highest BCUT2D eigenvalue weighted by atomic mass is 14.9. The predicted octanol–water partition coefficient (Wildman–Crippen LogP) is 4.59. The Kier molecular flexibility index (Phi) is 5.37. The van der Waals surface area contributed by atoms with Gasteiger partial charge in [0.2, 0.25) is 0 Å². The second kappa shape index (κ2) is 7.25. The molecule has 1 unspecified atom stereocenters. The minimum atomic E-state index is 0.445. The number of benzene rings is 2. The van der Waals surface area contributed by atoms with Crippen molar-refractivity contribution >= 4 is 0 Å². The molecule has 2 aromatic rings. The van der Waals surface area contributed by atoms with Crippen LogP contribution in [0.5, 0.6) is 0 Å². The molecule has 2 aromatic carbocycles. The van der Waals surface area contributed by atoms with Gasteiger partial charge in [0.25, 0.3) is 0 Å². The molecule has 0 aliphatic carbocycles. The van der Waals surface area contributed by atoms with E-state index < -0.39 is 0 Å². The number of hydrogen-bond donors (Lipinski definition) is 1. The van der Waals surface area contributed by atoms with Crippen LogP contribution in [-0.4, -0.2) is 6.54 Å². The Bertz CT molecular complexity index is 545. The van der Waals surface area contributed by atoms with Crippen molar-refractivity contribution in [3.8, 4) is 0 Å². The summed E-state index contributed by atoms with van der Waals surface area (Å²) in [5.74, 6) is 0. The van der Waals surface area contributed by atoms with Crippen LogP contribution < -0.4 is 5.32 Å². The van der Waals surface area contributed by atoms with Crippen LogP contribution in [0.15, 0.2) is 48.5 Å².